The Morgan fingerprint density at radius 1 is 1.26 bits per heavy atom. The first-order valence-electron chi connectivity index (χ1n) is 9.27. The second kappa shape index (κ2) is 9.58. The van der Waals surface area contributed by atoms with E-state index in [1.54, 1.807) is 12.1 Å². The monoisotopic (exact) mass is 435 g/mol. The van der Waals surface area contributed by atoms with Gasteiger partial charge < -0.3 is 20.5 Å². The molecule has 0 fully saturated rings. The molecule has 1 amide bonds. The third-order valence-electron chi connectivity index (χ3n) is 4.18. The van der Waals surface area contributed by atoms with Crippen molar-refractivity contribution in [2.24, 2.45) is 0 Å². The summed E-state index contributed by atoms with van der Waals surface area (Å²) in [5, 5.41) is 19.7. The summed E-state index contributed by atoms with van der Waals surface area (Å²) in [6.07, 6.45) is -1.68. The van der Waals surface area contributed by atoms with Gasteiger partial charge >= 0.3 is 6.36 Å². The molecule has 0 unspecified atom stereocenters. The Morgan fingerprint density at radius 3 is 2.65 bits per heavy atom. The highest BCUT2D eigenvalue weighted by Crippen LogP contribution is 2.27. The number of hydrogen-bond acceptors (Lipinski definition) is 6. The van der Waals surface area contributed by atoms with E-state index in [1.807, 2.05) is 0 Å². The standard InChI is InChI=1S/C20H20F3N5O3/c1-2-8-24-12-16-17-15(19(30)26-10-11-29)7-9-25-18(17)28(27-16)13-3-5-14(6-4-13)31-20(21,22)23/h2-7,9,24,29H,1,8,10-12H2,(H,26,30). The number of fused-ring (bicyclic) bond motifs is 1. The van der Waals surface area contributed by atoms with Crippen LogP contribution in [0.2, 0.25) is 0 Å². The normalized spacial score (nSPS) is 11.5. The molecule has 0 aliphatic heterocycles. The lowest BCUT2D eigenvalue weighted by atomic mass is 10.1. The van der Waals surface area contributed by atoms with Crippen LogP contribution in [0.4, 0.5) is 13.2 Å². The molecule has 0 spiro atoms. The number of benzene rings is 1. The number of aromatic nitrogens is 3. The molecule has 2 heterocycles. The van der Waals surface area contributed by atoms with E-state index >= 15 is 0 Å². The number of aliphatic hydroxyl groups is 1. The third kappa shape index (κ3) is 5.38. The van der Waals surface area contributed by atoms with Gasteiger partial charge in [0.25, 0.3) is 5.91 Å². The molecular weight excluding hydrogens is 415 g/mol. The Kier molecular flexibility index (Phi) is 6.88. The molecule has 3 rings (SSSR count). The maximum Gasteiger partial charge on any atom is 0.573 e. The Labute approximate surface area is 175 Å². The molecule has 0 saturated heterocycles. The van der Waals surface area contributed by atoms with Gasteiger partial charge in [-0.1, -0.05) is 6.08 Å². The molecule has 0 radical (unpaired) electrons. The number of nitrogens with zero attached hydrogens (tertiary/aromatic N) is 3. The number of halogens is 3. The van der Waals surface area contributed by atoms with E-state index in [1.165, 1.54) is 35.1 Å². The quantitative estimate of drug-likeness (QED) is 0.352. The van der Waals surface area contributed by atoms with Gasteiger partial charge in [0.05, 0.1) is 28.9 Å². The fourth-order valence-corrected chi connectivity index (χ4v) is 2.95. The summed E-state index contributed by atoms with van der Waals surface area (Å²) in [6, 6.07) is 6.70. The summed E-state index contributed by atoms with van der Waals surface area (Å²) in [7, 11) is 0. The zero-order chi connectivity index (χ0) is 22.4. The van der Waals surface area contributed by atoms with Crippen LogP contribution in [0, 0.1) is 0 Å². The van der Waals surface area contributed by atoms with Crippen LogP contribution in [0.15, 0.2) is 49.2 Å². The maximum atomic E-state index is 12.6. The van der Waals surface area contributed by atoms with Crippen molar-refractivity contribution in [1.29, 1.82) is 0 Å². The van der Waals surface area contributed by atoms with E-state index in [4.69, 9.17) is 5.11 Å². The zero-order valence-corrected chi connectivity index (χ0v) is 16.3. The van der Waals surface area contributed by atoms with Crippen LogP contribution < -0.4 is 15.4 Å². The molecule has 0 aliphatic carbocycles. The summed E-state index contributed by atoms with van der Waals surface area (Å²) in [4.78, 5) is 16.9. The second-order valence-electron chi connectivity index (χ2n) is 6.36. The summed E-state index contributed by atoms with van der Waals surface area (Å²) in [6.45, 7) is 4.32. The fraction of sp³-hybridized carbons (Fsp3) is 0.250. The summed E-state index contributed by atoms with van der Waals surface area (Å²) in [5.74, 6) is -0.766. The van der Waals surface area contributed by atoms with Crippen molar-refractivity contribution in [2.75, 3.05) is 19.7 Å². The summed E-state index contributed by atoms with van der Waals surface area (Å²) in [5.41, 5.74) is 1.64. The number of nitrogens with one attached hydrogen (secondary N) is 2. The Hall–Kier alpha value is -3.44. The number of rotatable bonds is 9. The van der Waals surface area contributed by atoms with E-state index in [0.29, 0.717) is 41.1 Å². The van der Waals surface area contributed by atoms with Crippen molar-refractivity contribution in [3.05, 3.63) is 60.4 Å². The molecule has 2 aromatic heterocycles. The van der Waals surface area contributed by atoms with E-state index in [0.717, 1.165) is 0 Å². The molecule has 31 heavy (non-hydrogen) atoms. The van der Waals surface area contributed by atoms with Crippen LogP contribution in [-0.4, -0.2) is 51.8 Å². The third-order valence-corrected chi connectivity index (χ3v) is 4.18. The van der Waals surface area contributed by atoms with Crippen molar-refractivity contribution in [1.82, 2.24) is 25.4 Å². The number of pyridine rings is 1. The minimum atomic E-state index is -4.79. The zero-order valence-electron chi connectivity index (χ0n) is 16.3. The van der Waals surface area contributed by atoms with Crippen molar-refractivity contribution in [3.8, 4) is 11.4 Å². The van der Waals surface area contributed by atoms with Crippen LogP contribution in [0.25, 0.3) is 16.7 Å². The number of carbonyl (C=O) groups excluding carboxylic acids is 1. The van der Waals surface area contributed by atoms with E-state index < -0.39 is 12.3 Å². The molecule has 0 atom stereocenters. The van der Waals surface area contributed by atoms with Gasteiger partial charge in [-0.3, -0.25) is 4.79 Å². The van der Waals surface area contributed by atoms with Crippen LogP contribution in [0.5, 0.6) is 5.75 Å². The maximum absolute atomic E-state index is 12.6. The topological polar surface area (TPSA) is 101 Å². The van der Waals surface area contributed by atoms with Gasteiger partial charge in [0.1, 0.15) is 5.75 Å². The van der Waals surface area contributed by atoms with E-state index in [9.17, 15) is 18.0 Å². The Morgan fingerprint density at radius 2 is 2.00 bits per heavy atom. The highest BCUT2D eigenvalue weighted by molar-refractivity contribution is 6.06. The highest BCUT2D eigenvalue weighted by Gasteiger charge is 2.31. The second-order valence-corrected chi connectivity index (χ2v) is 6.36. The summed E-state index contributed by atoms with van der Waals surface area (Å²) >= 11 is 0. The lowest BCUT2D eigenvalue weighted by Gasteiger charge is -2.09. The smallest absolute Gasteiger partial charge is 0.406 e. The van der Waals surface area contributed by atoms with Crippen LogP contribution in [0.3, 0.4) is 0 Å². The molecule has 1 aromatic carbocycles. The largest absolute Gasteiger partial charge is 0.573 e. The fourth-order valence-electron chi connectivity index (χ4n) is 2.95. The minimum Gasteiger partial charge on any atom is -0.406 e. The molecule has 11 heteroatoms. The lowest BCUT2D eigenvalue weighted by Crippen LogP contribution is -2.26. The van der Waals surface area contributed by atoms with Gasteiger partial charge in [0.15, 0.2) is 5.65 Å². The van der Waals surface area contributed by atoms with Crippen molar-refractivity contribution in [3.63, 3.8) is 0 Å². The average Bonchev–Trinajstić information content (AvgIpc) is 3.10. The molecule has 164 valence electrons. The van der Waals surface area contributed by atoms with Crippen molar-refractivity contribution >= 4 is 16.9 Å². The summed E-state index contributed by atoms with van der Waals surface area (Å²) < 4.78 is 42.6. The number of aliphatic hydroxyl groups excluding tert-OH is 1. The molecule has 3 N–H and O–H groups in total. The molecule has 0 saturated carbocycles. The van der Waals surface area contributed by atoms with Crippen molar-refractivity contribution < 1.29 is 27.8 Å². The molecule has 0 bridgehead atoms. The lowest BCUT2D eigenvalue weighted by molar-refractivity contribution is -0.274. The first-order valence-corrected chi connectivity index (χ1v) is 9.27. The van der Waals surface area contributed by atoms with Gasteiger partial charge in [-0.05, 0) is 30.3 Å². The number of ether oxygens (including phenoxy) is 1. The molecule has 8 nitrogen and oxygen atoms in total. The molecule has 0 aliphatic rings. The number of alkyl halides is 3. The Bertz CT molecular complexity index is 1060. The average molecular weight is 435 g/mol. The van der Waals surface area contributed by atoms with Gasteiger partial charge in [-0.15, -0.1) is 19.8 Å². The predicted octanol–water partition coefficient (Wildman–Crippen LogP) is 2.32. The first kappa shape index (κ1) is 22.2. The van der Waals surface area contributed by atoms with Gasteiger partial charge in [0, 0.05) is 25.8 Å². The van der Waals surface area contributed by atoms with Crippen molar-refractivity contribution in [2.45, 2.75) is 12.9 Å². The van der Waals surface area contributed by atoms with Gasteiger partial charge in [0.2, 0.25) is 0 Å². The number of amides is 1. The highest BCUT2D eigenvalue weighted by atomic mass is 19.4. The van der Waals surface area contributed by atoms with E-state index in [2.05, 4.69) is 32.0 Å². The van der Waals surface area contributed by atoms with Crippen LogP contribution in [0.1, 0.15) is 16.1 Å². The first-order chi connectivity index (χ1) is 14.8. The SMILES string of the molecule is C=CCNCc1nn(-c2ccc(OC(F)(F)F)cc2)c2nccc(C(=O)NCCO)c12. The number of hydrogen-bond donors (Lipinski definition) is 3. The van der Waals surface area contributed by atoms with Gasteiger partial charge in [-0.2, -0.15) is 5.10 Å². The molecule has 3 aromatic rings. The van der Waals surface area contributed by atoms with Crippen LogP contribution in [-0.2, 0) is 6.54 Å². The number of carbonyl (C=O) groups is 1. The van der Waals surface area contributed by atoms with Gasteiger partial charge in [-0.25, -0.2) is 9.67 Å². The minimum absolute atomic E-state index is 0.0848. The predicted molar refractivity (Wildman–Crippen MR) is 107 cm³/mol. The van der Waals surface area contributed by atoms with Crippen LogP contribution >= 0.6 is 0 Å². The Balaban J connectivity index is 2.05. The molecular formula is C20H20F3N5O3. The van der Waals surface area contributed by atoms with E-state index in [-0.39, 0.29) is 18.9 Å².